The summed E-state index contributed by atoms with van der Waals surface area (Å²) in [5.74, 6) is 1.99. The average molecular weight is 1630 g/mol. The Balaban J connectivity index is 0.000000196. The number of aromatic nitrogens is 21. The van der Waals surface area contributed by atoms with Crippen molar-refractivity contribution in [1.29, 1.82) is 0 Å². The van der Waals surface area contributed by atoms with Crippen molar-refractivity contribution in [1.82, 2.24) is 104 Å². The standard InChI is InChI=1S/C20H17N5.3C15H15N5.C7H6N2.C5H5N.C3H4N2.8C2H6/c21-19-17-18(14-7-2-1-3-8-14)24-25(20(17)23-12-22-19)16-11-10-13-6-4-5-9-15(13)16;3*1-9-13-14(16)17-8-18-15(13)20(19-9)12-7-6-10-4-2-3-5-11(10)12;1-2-4-7-6(3-1)8-5-9-7;1-2-4-6-5-3-1;1-2-4-5-3-1;8*1-2/h1-9,12,16H,10-11H2,(H2,21,22,23);3*2-5,8,12H,6-7H2,1H3,(H2,16,17,18);1-5H,(H,8,9);1-5H;1-3H,(H,4,5);8*1-2H3. The molecule has 6 aromatic carbocycles. The summed E-state index contributed by atoms with van der Waals surface area (Å²) in [7, 11) is 0. The van der Waals surface area contributed by atoms with Crippen LogP contribution in [0.2, 0.25) is 0 Å². The predicted molar refractivity (Wildman–Crippen MR) is 500 cm³/mol. The summed E-state index contributed by atoms with van der Waals surface area (Å²) >= 11 is 0. The lowest BCUT2D eigenvalue weighted by molar-refractivity contribution is 0.529. The highest BCUT2D eigenvalue weighted by atomic mass is 15.4. The van der Waals surface area contributed by atoms with E-state index in [1.54, 1.807) is 31.1 Å². The molecule has 21 rings (SSSR count). The lowest BCUT2D eigenvalue weighted by atomic mass is 10.1. The number of hydrogen-bond acceptors (Lipinski definition) is 19. The van der Waals surface area contributed by atoms with Crippen LogP contribution in [-0.2, 0) is 25.7 Å². The normalized spacial score (nSPS) is 13.9. The minimum absolute atomic E-state index is 0.186. The lowest BCUT2D eigenvalue weighted by Crippen LogP contribution is -2.10. The van der Waals surface area contributed by atoms with Crippen molar-refractivity contribution in [2.75, 3.05) is 22.9 Å². The van der Waals surface area contributed by atoms with Crippen LogP contribution < -0.4 is 22.9 Å². The first-order valence-corrected chi connectivity index (χ1v) is 42.9. The molecular weight excluding hydrogens is 1500 g/mol. The summed E-state index contributed by atoms with van der Waals surface area (Å²) in [4.78, 5) is 44.9. The third-order valence-electron chi connectivity index (χ3n) is 19.5. The number of nitrogens with zero attached hydrogens (tertiary/aromatic N) is 19. The number of benzene rings is 6. The van der Waals surface area contributed by atoms with Crippen molar-refractivity contribution in [3.05, 3.63) is 294 Å². The highest BCUT2D eigenvalue weighted by Gasteiger charge is 2.32. The van der Waals surface area contributed by atoms with E-state index in [4.69, 9.17) is 28.0 Å². The fourth-order valence-electron chi connectivity index (χ4n) is 14.7. The van der Waals surface area contributed by atoms with Gasteiger partial charge in [0.2, 0.25) is 0 Å². The molecule has 0 amide bonds. The zero-order valence-electron chi connectivity index (χ0n) is 74.2. The molecule has 11 aromatic heterocycles. The topological polar surface area (TPSA) is 349 Å². The van der Waals surface area contributed by atoms with Crippen LogP contribution in [0.15, 0.2) is 232 Å². The van der Waals surface area contributed by atoms with Crippen LogP contribution in [0.1, 0.15) is 222 Å². The molecule has 4 atom stereocenters. The van der Waals surface area contributed by atoms with E-state index in [0.29, 0.717) is 23.3 Å². The lowest BCUT2D eigenvalue weighted by Gasteiger charge is -2.13. The van der Waals surface area contributed by atoms with Gasteiger partial charge in [0.1, 0.15) is 54.3 Å². The summed E-state index contributed by atoms with van der Waals surface area (Å²) in [5, 5.41) is 28.6. The number of hydrogen-bond donors (Lipinski definition) is 6. The van der Waals surface area contributed by atoms with Crippen LogP contribution in [0.25, 0.3) is 66.4 Å². The maximum absolute atomic E-state index is 6.20. The minimum Gasteiger partial charge on any atom is -0.383 e. The van der Waals surface area contributed by atoms with Gasteiger partial charge in [-0.2, -0.15) is 25.5 Å². The van der Waals surface area contributed by atoms with Gasteiger partial charge in [0, 0.05) is 30.4 Å². The summed E-state index contributed by atoms with van der Waals surface area (Å²) < 4.78 is 8.05. The number of aromatic amines is 2. The number of rotatable bonds is 5. The number of nitrogen functional groups attached to an aromatic ring is 4. The number of fused-ring (bicyclic) bond motifs is 9. The SMILES string of the molecule is CC.CC.CC.CC.CC.CC.CC.CC.Cc1nn(C2CCc3ccccc32)c2ncnc(N)c12.Cc1nn(C2CCc3ccccc32)c2ncnc(N)c12.Cc1nn(C2CCc3ccccc32)c2ncnc(N)c12.Nc1ncnc2c1c(-c1ccccc1)nn2C1CCc2ccccc21.c1ccc2[nH]cnc2c1.c1ccncc1.c1cn[nH]c1. The number of anilines is 4. The Labute approximate surface area is 713 Å². The highest BCUT2D eigenvalue weighted by Crippen LogP contribution is 2.42. The second kappa shape index (κ2) is 49.7. The monoisotopic (exact) mass is 1630 g/mol. The molecular formula is C96H125N25. The number of H-pyrrole nitrogens is 2. The van der Waals surface area contributed by atoms with Gasteiger partial charge in [0.25, 0.3) is 0 Å². The second-order valence-electron chi connectivity index (χ2n) is 25.8. The van der Waals surface area contributed by atoms with Gasteiger partial charge in [0.05, 0.1) is 80.2 Å². The number of aryl methyl sites for hydroxylation is 7. The van der Waals surface area contributed by atoms with E-state index in [1.165, 1.54) is 69.8 Å². The van der Waals surface area contributed by atoms with E-state index in [0.717, 1.165) is 135 Å². The third kappa shape index (κ3) is 22.7. The maximum Gasteiger partial charge on any atom is 0.164 e. The number of nitrogens with one attached hydrogen (secondary N) is 2. The first kappa shape index (κ1) is 94.7. The summed E-state index contributed by atoms with van der Waals surface area (Å²) in [6, 6.07) is 60.7. The van der Waals surface area contributed by atoms with Crippen molar-refractivity contribution < 1.29 is 0 Å². The molecule has 4 aliphatic rings. The van der Waals surface area contributed by atoms with Crippen LogP contribution >= 0.6 is 0 Å². The van der Waals surface area contributed by atoms with Crippen LogP contribution in [-0.4, -0.2) is 104 Å². The third-order valence-corrected chi connectivity index (χ3v) is 19.5. The summed E-state index contributed by atoms with van der Waals surface area (Å²) in [5.41, 5.74) is 45.0. The highest BCUT2D eigenvalue weighted by molar-refractivity contribution is 5.98. The molecule has 4 unspecified atom stereocenters. The number of pyridine rings is 1. The Kier molecular flexibility index (Phi) is 38.9. The van der Waals surface area contributed by atoms with E-state index in [2.05, 4.69) is 177 Å². The minimum atomic E-state index is 0.186. The van der Waals surface area contributed by atoms with Gasteiger partial charge in [-0.15, -0.1) is 0 Å². The molecule has 634 valence electrons. The molecule has 0 saturated heterocycles. The summed E-state index contributed by atoms with van der Waals surface area (Å²) in [6.45, 7) is 37.9. The van der Waals surface area contributed by atoms with Crippen molar-refractivity contribution in [3.8, 4) is 11.3 Å². The van der Waals surface area contributed by atoms with Gasteiger partial charge in [-0.1, -0.05) is 256 Å². The molecule has 11 heterocycles. The second-order valence-corrected chi connectivity index (χ2v) is 25.8. The zero-order chi connectivity index (χ0) is 87.8. The summed E-state index contributed by atoms with van der Waals surface area (Å²) in [6.07, 6.45) is 23.2. The van der Waals surface area contributed by atoms with Crippen molar-refractivity contribution in [2.45, 2.75) is 207 Å². The molecule has 4 aliphatic carbocycles. The molecule has 0 spiro atoms. The van der Waals surface area contributed by atoms with Crippen molar-refractivity contribution in [3.63, 3.8) is 0 Å². The van der Waals surface area contributed by atoms with Crippen molar-refractivity contribution in [2.24, 2.45) is 0 Å². The van der Waals surface area contributed by atoms with E-state index < -0.39 is 0 Å². The Hall–Kier alpha value is -13.5. The fraction of sp³-hybridized carbons (Fsp3) is 0.323. The van der Waals surface area contributed by atoms with E-state index in [1.807, 2.05) is 229 Å². The molecule has 0 bridgehead atoms. The number of para-hydroxylation sites is 2. The van der Waals surface area contributed by atoms with Crippen molar-refractivity contribution >= 4 is 78.4 Å². The first-order chi connectivity index (χ1) is 59.6. The van der Waals surface area contributed by atoms with E-state index >= 15 is 0 Å². The van der Waals surface area contributed by atoms with Crippen LogP contribution in [0.5, 0.6) is 0 Å². The molecule has 0 fully saturated rings. The molecule has 25 heteroatoms. The Morgan fingerprint density at radius 1 is 0.314 bits per heavy atom. The van der Waals surface area contributed by atoms with Gasteiger partial charge >= 0.3 is 0 Å². The van der Waals surface area contributed by atoms with Crippen LogP contribution in [0.3, 0.4) is 0 Å². The molecule has 0 saturated carbocycles. The Morgan fingerprint density at radius 3 is 0.942 bits per heavy atom. The number of nitrogens with two attached hydrogens (primary N) is 4. The van der Waals surface area contributed by atoms with Crippen LogP contribution in [0, 0.1) is 20.8 Å². The predicted octanol–water partition coefficient (Wildman–Crippen LogP) is 21.6. The van der Waals surface area contributed by atoms with E-state index in [-0.39, 0.29) is 24.2 Å². The molecule has 25 nitrogen and oxygen atoms in total. The maximum atomic E-state index is 6.20. The smallest absolute Gasteiger partial charge is 0.164 e. The number of imidazole rings is 1. The van der Waals surface area contributed by atoms with Gasteiger partial charge < -0.3 is 27.9 Å². The molecule has 121 heavy (non-hydrogen) atoms. The van der Waals surface area contributed by atoms with Gasteiger partial charge in [0.15, 0.2) is 22.6 Å². The van der Waals surface area contributed by atoms with Gasteiger partial charge in [-0.3, -0.25) is 10.1 Å². The van der Waals surface area contributed by atoms with Gasteiger partial charge in [-0.05, 0) is 147 Å². The largest absolute Gasteiger partial charge is 0.383 e. The quantitative estimate of drug-likeness (QED) is 0.0932. The molecule has 10 N–H and O–H groups in total. The molecule has 0 aliphatic heterocycles. The molecule has 0 radical (unpaired) electrons. The first-order valence-electron chi connectivity index (χ1n) is 42.9. The van der Waals surface area contributed by atoms with E-state index in [9.17, 15) is 0 Å². The zero-order valence-corrected chi connectivity index (χ0v) is 74.2. The van der Waals surface area contributed by atoms with Gasteiger partial charge in [-0.25, -0.2) is 63.6 Å². The van der Waals surface area contributed by atoms with Crippen LogP contribution in [0.4, 0.5) is 23.3 Å². The Morgan fingerprint density at radius 2 is 0.628 bits per heavy atom. The molecule has 17 aromatic rings. The fourth-order valence-corrected chi connectivity index (χ4v) is 14.7. The Bertz CT molecular complexity index is 5410. The average Bonchev–Trinajstić information content (AvgIpc) is 1.69.